The van der Waals surface area contributed by atoms with Crippen molar-refractivity contribution in [2.24, 2.45) is 17.6 Å². The van der Waals surface area contributed by atoms with Crippen LogP contribution in [0.25, 0.3) is 0 Å². The van der Waals surface area contributed by atoms with Crippen LogP contribution in [0.5, 0.6) is 5.75 Å². The summed E-state index contributed by atoms with van der Waals surface area (Å²) in [5.41, 5.74) is 5.63. The summed E-state index contributed by atoms with van der Waals surface area (Å²) in [6.45, 7) is 4.02. The van der Waals surface area contributed by atoms with Gasteiger partial charge in [-0.2, -0.15) is 0 Å². The average molecular weight is 239 g/mol. The van der Waals surface area contributed by atoms with Gasteiger partial charge in [0.05, 0.1) is 12.7 Å². The van der Waals surface area contributed by atoms with E-state index in [0.717, 1.165) is 0 Å². The molecule has 0 amide bonds. The summed E-state index contributed by atoms with van der Waals surface area (Å²) in [4.78, 5) is 12.1. The standard InChI is InChI=1S/C13H18FNO2/c1-8(2)11(7-15)13(16)10-5-4-9(17-3)6-12(10)14/h4-6,8,11H,7,15H2,1-3H3. The third-order valence-electron chi connectivity index (χ3n) is 2.84. The van der Waals surface area contributed by atoms with Crippen LogP contribution in [0.15, 0.2) is 18.2 Å². The van der Waals surface area contributed by atoms with Gasteiger partial charge in [-0.05, 0) is 18.1 Å². The number of Topliss-reactive ketones (excluding diaryl/α,β-unsaturated/α-hetero) is 1. The number of rotatable bonds is 5. The van der Waals surface area contributed by atoms with Crippen LogP contribution in [0.1, 0.15) is 24.2 Å². The van der Waals surface area contributed by atoms with E-state index >= 15 is 0 Å². The van der Waals surface area contributed by atoms with Gasteiger partial charge in [-0.15, -0.1) is 0 Å². The topological polar surface area (TPSA) is 52.3 Å². The van der Waals surface area contributed by atoms with Gasteiger partial charge in [0, 0.05) is 18.5 Å². The number of hydrogen-bond donors (Lipinski definition) is 1. The summed E-state index contributed by atoms with van der Waals surface area (Å²) in [5, 5.41) is 0. The summed E-state index contributed by atoms with van der Waals surface area (Å²) in [6, 6.07) is 4.23. The minimum absolute atomic E-state index is 0.0787. The normalized spacial score (nSPS) is 12.6. The summed E-state index contributed by atoms with van der Waals surface area (Å²) >= 11 is 0. The average Bonchev–Trinajstić information content (AvgIpc) is 2.28. The summed E-state index contributed by atoms with van der Waals surface area (Å²) < 4.78 is 18.6. The number of methoxy groups -OCH3 is 1. The Kier molecular flexibility index (Phi) is 4.63. The van der Waals surface area contributed by atoms with Gasteiger partial charge in [-0.3, -0.25) is 4.79 Å². The highest BCUT2D eigenvalue weighted by Gasteiger charge is 2.24. The Balaban J connectivity index is 3.03. The predicted molar refractivity (Wildman–Crippen MR) is 64.7 cm³/mol. The molecule has 0 bridgehead atoms. The molecule has 17 heavy (non-hydrogen) atoms. The van der Waals surface area contributed by atoms with Crippen LogP contribution in [0.3, 0.4) is 0 Å². The first-order valence-electron chi connectivity index (χ1n) is 5.59. The number of halogens is 1. The minimum Gasteiger partial charge on any atom is -0.497 e. The largest absolute Gasteiger partial charge is 0.497 e. The molecule has 0 aromatic heterocycles. The van der Waals surface area contributed by atoms with Gasteiger partial charge < -0.3 is 10.5 Å². The van der Waals surface area contributed by atoms with E-state index in [1.807, 2.05) is 13.8 Å². The molecule has 0 aliphatic carbocycles. The van der Waals surface area contributed by atoms with E-state index in [1.54, 1.807) is 6.07 Å². The number of carbonyl (C=O) groups excluding carboxylic acids is 1. The lowest BCUT2D eigenvalue weighted by molar-refractivity contribution is 0.0888. The molecule has 1 unspecified atom stereocenters. The smallest absolute Gasteiger partial charge is 0.170 e. The molecule has 0 radical (unpaired) electrons. The van der Waals surface area contributed by atoms with E-state index in [4.69, 9.17) is 10.5 Å². The molecule has 0 saturated carbocycles. The molecule has 0 saturated heterocycles. The van der Waals surface area contributed by atoms with E-state index in [0.29, 0.717) is 5.75 Å². The molecule has 1 aromatic rings. The highest BCUT2D eigenvalue weighted by atomic mass is 19.1. The van der Waals surface area contributed by atoms with Gasteiger partial charge in [-0.25, -0.2) is 4.39 Å². The molecular formula is C13H18FNO2. The van der Waals surface area contributed by atoms with Gasteiger partial charge in [-0.1, -0.05) is 13.8 Å². The van der Waals surface area contributed by atoms with E-state index in [1.165, 1.54) is 19.2 Å². The monoisotopic (exact) mass is 239 g/mol. The molecule has 94 valence electrons. The third-order valence-corrected chi connectivity index (χ3v) is 2.84. The molecule has 1 rings (SSSR count). The fourth-order valence-corrected chi connectivity index (χ4v) is 1.70. The summed E-state index contributed by atoms with van der Waals surface area (Å²) in [5.74, 6) is -0.670. The lowest BCUT2D eigenvalue weighted by Crippen LogP contribution is -2.29. The van der Waals surface area contributed by atoms with Crippen molar-refractivity contribution in [1.29, 1.82) is 0 Å². The van der Waals surface area contributed by atoms with Gasteiger partial charge >= 0.3 is 0 Å². The van der Waals surface area contributed by atoms with E-state index in [2.05, 4.69) is 0 Å². The van der Waals surface area contributed by atoms with Crippen LogP contribution in [0.4, 0.5) is 4.39 Å². The Hall–Kier alpha value is -1.42. The molecule has 0 aliphatic heterocycles. The van der Waals surface area contributed by atoms with Crippen molar-refractivity contribution in [3.05, 3.63) is 29.6 Å². The number of benzene rings is 1. The molecule has 4 heteroatoms. The SMILES string of the molecule is COc1ccc(C(=O)C(CN)C(C)C)c(F)c1. The zero-order valence-electron chi connectivity index (χ0n) is 10.4. The van der Waals surface area contributed by atoms with E-state index < -0.39 is 5.82 Å². The Morgan fingerprint density at radius 1 is 1.47 bits per heavy atom. The fourth-order valence-electron chi connectivity index (χ4n) is 1.70. The Morgan fingerprint density at radius 3 is 2.53 bits per heavy atom. The first kappa shape index (κ1) is 13.6. The molecule has 3 nitrogen and oxygen atoms in total. The molecule has 0 spiro atoms. The molecular weight excluding hydrogens is 221 g/mol. The molecule has 0 aliphatic rings. The number of hydrogen-bond acceptors (Lipinski definition) is 3. The molecule has 0 fully saturated rings. The van der Waals surface area contributed by atoms with Crippen molar-refractivity contribution < 1.29 is 13.9 Å². The van der Waals surface area contributed by atoms with Gasteiger partial charge in [0.2, 0.25) is 0 Å². The first-order valence-corrected chi connectivity index (χ1v) is 5.59. The quantitative estimate of drug-likeness (QED) is 0.802. The lowest BCUT2D eigenvalue weighted by Gasteiger charge is -2.17. The zero-order chi connectivity index (χ0) is 13.0. The Bertz CT molecular complexity index is 404. The van der Waals surface area contributed by atoms with Crippen molar-refractivity contribution in [3.63, 3.8) is 0 Å². The van der Waals surface area contributed by atoms with Crippen LogP contribution in [-0.2, 0) is 0 Å². The van der Waals surface area contributed by atoms with E-state index in [9.17, 15) is 9.18 Å². The number of nitrogens with two attached hydrogens (primary N) is 1. The second-order valence-corrected chi connectivity index (χ2v) is 4.30. The highest BCUT2D eigenvalue weighted by Crippen LogP contribution is 2.21. The van der Waals surface area contributed by atoms with Crippen molar-refractivity contribution in [2.45, 2.75) is 13.8 Å². The van der Waals surface area contributed by atoms with E-state index in [-0.39, 0.29) is 29.7 Å². The molecule has 1 atom stereocenters. The molecule has 0 heterocycles. The first-order chi connectivity index (χ1) is 8.01. The van der Waals surface area contributed by atoms with Crippen LogP contribution in [0, 0.1) is 17.7 Å². The van der Waals surface area contributed by atoms with Crippen LogP contribution < -0.4 is 10.5 Å². The maximum Gasteiger partial charge on any atom is 0.170 e. The fraction of sp³-hybridized carbons (Fsp3) is 0.462. The number of ether oxygens (including phenoxy) is 1. The molecule has 2 N–H and O–H groups in total. The minimum atomic E-state index is -0.562. The zero-order valence-corrected chi connectivity index (χ0v) is 10.4. The Labute approximate surface area is 101 Å². The van der Waals surface area contributed by atoms with Crippen molar-refractivity contribution in [3.8, 4) is 5.75 Å². The highest BCUT2D eigenvalue weighted by molar-refractivity contribution is 5.98. The van der Waals surface area contributed by atoms with Crippen LogP contribution >= 0.6 is 0 Å². The lowest BCUT2D eigenvalue weighted by atomic mass is 9.88. The van der Waals surface area contributed by atoms with Crippen molar-refractivity contribution >= 4 is 5.78 Å². The van der Waals surface area contributed by atoms with Crippen LogP contribution in [-0.4, -0.2) is 19.4 Å². The number of ketones is 1. The second-order valence-electron chi connectivity index (χ2n) is 4.30. The number of carbonyl (C=O) groups is 1. The maximum atomic E-state index is 13.7. The van der Waals surface area contributed by atoms with Gasteiger partial charge in [0.15, 0.2) is 5.78 Å². The van der Waals surface area contributed by atoms with Crippen LogP contribution in [0.2, 0.25) is 0 Å². The van der Waals surface area contributed by atoms with Crippen molar-refractivity contribution in [2.75, 3.05) is 13.7 Å². The summed E-state index contributed by atoms with van der Waals surface area (Å²) in [6.07, 6.45) is 0. The predicted octanol–water partition coefficient (Wildman–Crippen LogP) is 2.25. The summed E-state index contributed by atoms with van der Waals surface area (Å²) in [7, 11) is 1.45. The van der Waals surface area contributed by atoms with Gasteiger partial charge in [0.25, 0.3) is 0 Å². The molecule has 1 aromatic carbocycles. The second kappa shape index (κ2) is 5.77. The third kappa shape index (κ3) is 3.03. The maximum absolute atomic E-state index is 13.7. The van der Waals surface area contributed by atoms with Gasteiger partial charge in [0.1, 0.15) is 11.6 Å². The Morgan fingerprint density at radius 2 is 2.12 bits per heavy atom. The van der Waals surface area contributed by atoms with Crippen molar-refractivity contribution in [1.82, 2.24) is 0 Å².